The van der Waals surface area contributed by atoms with Crippen molar-refractivity contribution in [3.63, 3.8) is 0 Å². The highest BCUT2D eigenvalue weighted by Crippen LogP contribution is 2.27. The summed E-state index contributed by atoms with van der Waals surface area (Å²) < 4.78 is 10.4. The first kappa shape index (κ1) is 15.3. The minimum absolute atomic E-state index is 0.0104. The first-order valence-electron chi connectivity index (χ1n) is 6.25. The smallest absolute Gasteiger partial charge is 0.227 e. The number of benzene rings is 1. The third-order valence-electron chi connectivity index (χ3n) is 2.91. The van der Waals surface area contributed by atoms with E-state index in [4.69, 9.17) is 14.6 Å². The van der Waals surface area contributed by atoms with Gasteiger partial charge in [0.2, 0.25) is 5.91 Å². The van der Waals surface area contributed by atoms with Crippen molar-refractivity contribution in [3.8, 4) is 11.5 Å². The second-order valence-electron chi connectivity index (χ2n) is 4.06. The Labute approximate surface area is 113 Å². The van der Waals surface area contributed by atoms with Crippen molar-refractivity contribution < 1.29 is 19.4 Å². The molecule has 0 spiro atoms. The summed E-state index contributed by atoms with van der Waals surface area (Å²) in [5, 5.41) is 8.90. The SMILES string of the molecule is CCN(CCO)C(=O)Cc1ccc(OC)c(OC)c1. The summed E-state index contributed by atoms with van der Waals surface area (Å²) in [7, 11) is 3.14. The van der Waals surface area contributed by atoms with Crippen LogP contribution in [0.2, 0.25) is 0 Å². The fraction of sp³-hybridized carbons (Fsp3) is 0.500. The Kier molecular flexibility index (Phi) is 6.15. The average Bonchev–Trinajstić information content (AvgIpc) is 2.44. The van der Waals surface area contributed by atoms with Crippen LogP contribution in [0.15, 0.2) is 18.2 Å². The lowest BCUT2D eigenvalue weighted by molar-refractivity contribution is -0.130. The van der Waals surface area contributed by atoms with Crippen LogP contribution in [-0.4, -0.2) is 49.8 Å². The van der Waals surface area contributed by atoms with Crippen LogP contribution in [0.25, 0.3) is 0 Å². The normalized spacial score (nSPS) is 10.1. The van der Waals surface area contributed by atoms with E-state index in [9.17, 15) is 4.79 Å². The minimum atomic E-state index is -0.0223. The van der Waals surface area contributed by atoms with Crippen LogP contribution in [0.3, 0.4) is 0 Å². The summed E-state index contributed by atoms with van der Waals surface area (Å²) >= 11 is 0. The van der Waals surface area contributed by atoms with Crippen molar-refractivity contribution in [2.75, 3.05) is 33.9 Å². The number of likely N-dealkylation sites (N-methyl/N-ethyl adjacent to an activating group) is 1. The molecule has 0 unspecified atom stereocenters. The van der Waals surface area contributed by atoms with E-state index in [1.165, 1.54) is 0 Å². The molecule has 0 aliphatic heterocycles. The number of carbonyl (C=O) groups is 1. The second-order valence-corrected chi connectivity index (χ2v) is 4.06. The maximum absolute atomic E-state index is 12.0. The van der Waals surface area contributed by atoms with E-state index in [0.717, 1.165) is 5.56 Å². The minimum Gasteiger partial charge on any atom is -0.493 e. The highest BCUT2D eigenvalue weighted by Gasteiger charge is 2.13. The largest absolute Gasteiger partial charge is 0.493 e. The Balaban J connectivity index is 2.79. The average molecular weight is 267 g/mol. The van der Waals surface area contributed by atoms with E-state index >= 15 is 0 Å². The quantitative estimate of drug-likeness (QED) is 0.803. The Morgan fingerprint density at radius 2 is 1.95 bits per heavy atom. The molecule has 0 aliphatic rings. The first-order chi connectivity index (χ1) is 9.15. The van der Waals surface area contributed by atoms with Gasteiger partial charge in [0.15, 0.2) is 11.5 Å². The molecule has 0 saturated carbocycles. The first-order valence-corrected chi connectivity index (χ1v) is 6.25. The molecule has 0 atom stereocenters. The number of carbonyl (C=O) groups excluding carboxylic acids is 1. The number of hydrogen-bond acceptors (Lipinski definition) is 4. The Bertz CT molecular complexity index is 420. The van der Waals surface area contributed by atoms with Crippen LogP contribution in [0.1, 0.15) is 12.5 Å². The number of aliphatic hydroxyl groups is 1. The summed E-state index contributed by atoms with van der Waals surface area (Å²) in [5.41, 5.74) is 0.860. The van der Waals surface area contributed by atoms with Crippen molar-refractivity contribution in [3.05, 3.63) is 23.8 Å². The summed E-state index contributed by atoms with van der Waals surface area (Å²) in [5.74, 6) is 1.24. The van der Waals surface area contributed by atoms with Crippen molar-refractivity contribution in [1.29, 1.82) is 0 Å². The maximum atomic E-state index is 12.0. The van der Waals surface area contributed by atoms with Gasteiger partial charge in [-0.25, -0.2) is 0 Å². The monoisotopic (exact) mass is 267 g/mol. The molecule has 0 radical (unpaired) electrons. The highest BCUT2D eigenvalue weighted by atomic mass is 16.5. The van der Waals surface area contributed by atoms with Gasteiger partial charge in [0.25, 0.3) is 0 Å². The number of hydrogen-bond donors (Lipinski definition) is 1. The van der Waals surface area contributed by atoms with E-state index in [-0.39, 0.29) is 18.9 Å². The molecule has 0 aliphatic carbocycles. The van der Waals surface area contributed by atoms with Crippen LogP contribution in [0.5, 0.6) is 11.5 Å². The van der Waals surface area contributed by atoms with Crippen LogP contribution in [0.4, 0.5) is 0 Å². The Hall–Kier alpha value is -1.75. The molecule has 0 saturated heterocycles. The molecule has 1 amide bonds. The lowest BCUT2D eigenvalue weighted by Crippen LogP contribution is -2.34. The molecule has 0 heterocycles. The topological polar surface area (TPSA) is 59.0 Å². The lowest BCUT2D eigenvalue weighted by Gasteiger charge is -2.19. The van der Waals surface area contributed by atoms with Gasteiger partial charge in [-0.15, -0.1) is 0 Å². The summed E-state index contributed by atoms with van der Waals surface area (Å²) in [6.07, 6.45) is 0.286. The van der Waals surface area contributed by atoms with Crippen LogP contribution in [-0.2, 0) is 11.2 Å². The van der Waals surface area contributed by atoms with Gasteiger partial charge in [-0.05, 0) is 24.6 Å². The van der Waals surface area contributed by atoms with Crippen LogP contribution in [0, 0.1) is 0 Å². The molecule has 5 nitrogen and oxygen atoms in total. The van der Waals surface area contributed by atoms with Crippen molar-refractivity contribution in [1.82, 2.24) is 4.90 Å². The Morgan fingerprint density at radius 3 is 2.47 bits per heavy atom. The molecule has 106 valence electrons. The van der Waals surface area contributed by atoms with Gasteiger partial charge in [-0.1, -0.05) is 6.07 Å². The highest BCUT2D eigenvalue weighted by molar-refractivity contribution is 5.79. The lowest BCUT2D eigenvalue weighted by atomic mass is 10.1. The fourth-order valence-electron chi connectivity index (χ4n) is 1.86. The zero-order chi connectivity index (χ0) is 14.3. The maximum Gasteiger partial charge on any atom is 0.227 e. The molecule has 0 aromatic heterocycles. The van der Waals surface area contributed by atoms with Crippen molar-refractivity contribution >= 4 is 5.91 Å². The van der Waals surface area contributed by atoms with E-state index in [0.29, 0.717) is 24.6 Å². The van der Waals surface area contributed by atoms with E-state index in [1.807, 2.05) is 13.0 Å². The fourth-order valence-corrected chi connectivity index (χ4v) is 1.86. The molecule has 0 fully saturated rings. The van der Waals surface area contributed by atoms with E-state index in [2.05, 4.69) is 0 Å². The van der Waals surface area contributed by atoms with Gasteiger partial charge in [0, 0.05) is 13.1 Å². The molecule has 19 heavy (non-hydrogen) atoms. The summed E-state index contributed by atoms with van der Waals surface area (Å²) in [4.78, 5) is 13.7. The zero-order valence-electron chi connectivity index (χ0n) is 11.7. The van der Waals surface area contributed by atoms with Gasteiger partial charge >= 0.3 is 0 Å². The summed E-state index contributed by atoms with van der Waals surface area (Å²) in [6.45, 7) is 2.82. The third-order valence-corrected chi connectivity index (χ3v) is 2.91. The van der Waals surface area contributed by atoms with Crippen LogP contribution < -0.4 is 9.47 Å². The molecule has 5 heteroatoms. The van der Waals surface area contributed by atoms with Gasteiger partial charge in [-0.2, -0.15) is 0 Å². The second kappa shape index (κ2) is 7.63. The molecular formula is C14H21NO4. The van der Waals surface area contributed by atoms with Gasteiger partial charge < -0.3 is 19.5 Å². The molecule has 1 N–H and O–H groups in total. The molecular weight excluding hydrogens is 246 g/mol. The molecule has 1 aromatic carbocycles. The van der Waals surface area contributed by atoms with Crippen molar-refractivity contribution in [2.24, 2.45) is 0 Å². The number of methoxy groups -OCH3 is 2. The van der Waals surface area contributed by atoms with Crippen LogP contribution >= 0.6 is 0 Å². The molecule has 0 bridgehead atoms. The number of aliphatic hydroxyl groups excluding tert-OH is 1. The number of ether oxygens (including phenoxy) is 2. The summed E-state index contributed by atoms with van der Waals surface area (Å²) in [6, 6.07) is 5.42. The number of amides is 1. The Morgan fingerprint density at radius 1 is 1.26 bits per heavy atom. The third kappa shape index (κ3) is 4.13. The van der Waals surface area contributed by atoms with Gasteiger partial charge in [-0.3, -0.25) is 4.79 Å². The van der Waals surface area contributed by atoms with E-state index in [1.54, 1.807) is 31.3 Å². The number of nitrogens with zero attached hydrogens (tertiary/aromatic N) is 1. The van der Waals surface area contributed by atoms with E-state index < -0.39 is 0 Å². The molecule has 1 rings (SSSR count). The van der Waals surface area contributed by atoms with Crippen molar-refractivity contribution in [2.45, 2.75) is 13.3 Å². The van der Waals surface area contributed by atoms with Gasteiger partial charge in [0.05, 0.1) is 27.2 Å². The van der Waals surface area contributed by atoms with Gasteiger partial charge in [0.1, 0.15) is 0 Å². The predicted octanol–water partition coefficient (Wildman–Crippen LogP) is 1.09. The number of rotatable bonds is 7. The molecule has 1 aromatic rings. The predicted molar refractivity (Wildman–Crippen MR) is 72.6 cm³/mol. The standard InChI is InChI=1S/C14H21NO4/c1-4-15(7-8-16)14(17)10-11-5-6-12(18-2)13(9-11)19-3/h5-6,9,16H,4,7-8,10H2,1-3H3. The zero-order valence-corrected chi connectivity index (χ0v) is 11.7.